The number of esters is 1. The number of hydrogen-bond donors (Lipinski definition) is 2. The maximum Gasteiger partial charge on any atom is 0.336 e. The van der Waals surface area contributed by atoms with Crippen molar-refractivity contribution in [1.82, 2.24) is 0 Å². The number of para-hydroxylation sites is 1. The Morgan fingerprint density at radius 1 is 1.33 bits per heavy atom. The van der Waals surface area contributed by atoms with Gasteiger partial charge in [-0.15, -0.1) is 0 Å². The highest BCUT2D eigenvalue weighted by Crippen LogP contribution is 2.12. The first-order valence-corrected chi connectivity index (χ1v) is 5.99. The number of rotatable bonds is 6. The smallest absolute Gasteiger partial charge is 0.336 e. The highest BCUT2D eigenvalue weighted by Gasteiger charge is 2.19. The van der Waals surface area contributed by atoms with Crippen LogP contribution in [0.3, 0.4) is 0 Å². The van der Waals surface area contributed by atoms with Crippen molar-refractivity contribution in [2.75, 3.05) is 0 Å². The second kappa shape index (κ2) is 7.32. The summed E-state index contributed by atoms with van der Waals surface area (Å²) in [6.07, 6.45) is 2.42. The zero-order valence-electron chi connectivity index (χ0n) is 10.5. The molecule has 0 aliphatic carbocycles. The van der Waals surface area contributed by atoms with Gasteiger partial charge in [0.05, 0.1) is 0 Å². The van der Waals surface area contributed by atoms with Crippen LogP contribution in [0.25, 0.3) is 0 Å². The van der Waals surface area contributed by atoms with Crippen LogP contribution in [0.1, 0.15) is 26.2 Å². The summed E-state index contributed by atoms with van der Waals surface area (Å²) >= 11 is 0. The van der Waals surface area contributed by atoms with Crippen LogP contribution in [0.2, 0.25) is 0 Å². The van der Waals surface area contributed by atoms with E-state index < -0.39 is 12.0 Å². The highest BCUT2D eigenvalue weighted by molar-refractivity contribution is 5.83. The van der Waals surface area contributed by atoms with Crippen LogP contribution in [0.4, 0.5) is 0 Å². The van der Waals surface area contributed by atoms with Crippen LogP contribution in [-0.2, 0) is 4.79 Å². The van der Waals surface area contributed by atoms with Gasteiger partial charge in [-0.3, -0.25) is 0 Å². The number of hydrogen-bond acceptors (Lipinski definition) is 3. The van der Waals surface area contributed by atoms with E-state index in [0.29, 0.717) is 12.2 Å². The molecular formula is C13H19N3O2. The number of carbonyl (C=O) groups excluding carboxylic acids is 1. The van der Waals surface area contributed by atoms with Crippen molar-refractivity contribution in [2.24, 2.45) is 16.5 Å². The molecule has 0 heterocycles. The van der Waals surface area contributed by atoms with Crippen LogP contribution in [0, 0.1) is 0 Å². The third-order valence-corrected chi connectivity index (χ3v) is 2.37. The van der Waals surface area contributed by atoms with E-state index >= 15 is 0 Å². The molecule has 0 aliphatic rings. The molecule has 1 aromatic rings. The molecule has 5 heteroatoms. The molecule has 18 heavy (non-hydrogen) atoms. The van der Waals surface area contributed by atoms with Crippen molar-refractivity contribution in [2.45, 2.75) is 32.2 Å². The summed E-state index contributed by atoms with van der Waals surface area (Å²) in [5.74, 6) is -0.0287. The molecule has 0 fully saturated rings. The number of aliphatic imine (C=N–C) groups is 1. The largest absolute Gasteiger partial charge is 0.425 e. The second-order valence-corrected chi connectivity index (χ2v) is 3.95. The molecule has 1 aromatic carbocycles. The molecule has 0 amide bonds. The zero-order valence-corrected chi connectivity index (χ0v) is 10.5. The second-order valence-electron chi connectivity index (χ2n) is 3.95. The minimum absolute atomic E-state index is 0.0962. The Labute approximate surface area is 107 Å². The summed E-state index contributed by atoms with van der Waals surface area (Å²) < 4.78 is 5.22. The first-order valence-electron chi connectivity index (χ1n) is 5.99. The summed E-state index contributed by atoms with van der Waals surface area (Å²) in [5.41, 5.74) is 10.6. The molecule has 1 rings (SSSR count). The van der Waals surface area contributed by atoms with Crippen LogP contribution < -0.4 is 16.2 Å². The van der Waals surface area contributed by atoms with Crippen LogP contribution in [0.5, 0.6) is 5.75 Å². The fourth-order valence-electron chi connectivity index (χ4n) is 1.49. The fourth-order valence-corrected chi connectivity index (χ4v) is 1.49. The van der Waals surface area contributed by atoms with E-state index in [9.17, 15) is 4.79 Å². The van der Waals surface area contributed by atoms with Gasteiger partial charge in [0.25, 0.3) is 0 Å². The lowest BCUT2D eigenvalue weighted by Crippen LogP contribution is -2.31. The summed E-state index contributed by atoms with van der Waals surface area (Å²) in [5, 5.41) is 0. The molecule has 0 saturated carbocycles. The first-order chi connectivity index (χ1) is 8.63. The Balaban J connectivity index is 2.67. The Morgan fingerprint density at radius 3 is 2.56 bits per heavy atom. The number of nitrogens with two attached hydrogens (primary N) is 2. The van der Waals surface area contributed by atoms with Gasteiger partial charge in [-0.05, 0) is 18.6 Å². The summed E-state index contributed by atoms with van der Waals surface area (Å²) in [7, 11) is 0. The standard InChI is InChI=1S/C13H19N3O2/c1-2-3-9-11(16-13(14)15)12(17)18-10-7-5-4-6-8-10/h4-8,11H,2-3,9H2,1H3,(H4,14,15,16). The number of guanidine groups is 1. The molecular weight excluding hydrogens is 230 g/mol. The van der Waals surface area contributed by atoms with E-state index in [2.05, 4.69) is 4.99 Å². The topological polar surface area (TPSA) is 90.7 Å². The molecule has 1 atom stereocenters. The van der Waals surface area contributed by atoms with Gasteiger partial charge >= 0.3 is 5.97 Å². The third-order valence-electron chi connectivity index (χ3n) is 2.37. The van der Waals surface area contributed by atoms with E-state index in [0.717, 1.165) is 12.8 Å². The zero-order chi connectivity index (χ0) is 13.4. The Morgan fingerprint density at radius 2 is 2.00 bits per heavy atom. The molecule has 0 saturated heterocycles. The molecule has 0 radical (unpaired) electrons. The summed E-state index contributed by atoms with van der Waals surface area (Å²) in [6.45, 7) is 2.04. The number of unbranched alkanes of at least 4 members (excludes halogenated alkanes) is 1. The number of nitrogens with zero attached hydrogens (tertiary/aromatic N) is 1. The van der Waals surface area contributed by atoms with Crippen molar-refractivity contribution in [3.8, 4) is 5.75 Å². The molecule has 0 aliphatic heterocycles. The monoisotopic (exact) mass is 249 g/mol. The maximum atomic E-state index is 11.9. The van der Waals surface area contributed by atoms with Crippen LogP contribution in [-0.4, -0.2) is 18.0 Å². The Bertz CT molecular complexity index is 400. The van der Waals surface area contributed by atoms with E-state index in [1.54, 1.807) is 24.3 Å². The fraction of sp³-hybridized carbons (Fsp3) is 0.385. The normalized spacial score (nSPS) is 11.6. The van der Waals surface area contributed by atoms with Crippen molar-refractivity contribution >= 4 is 11.9 Å². The predicted molar refractivity (Wildman–Crippen MR) is 71.2 cm³/mol. The minimum atomic E-state index is -0.629. The molecule has 1 unspecified atom stereocenters. The van der Waals surface area contributed by atoms with Gasteiger partial charge in [-0.25, -0.2) is 9.79 Å². The number of benzene rings is 1. The van der Waals surface area contributed by atoms with Gasteiger partial charge < -0.3 is 16.2 Å². The number of ether oxygens (including phenoxy) is 1. The summed E-state index contributed by atoms with van der Waals surface area (Å²) in [6, 6.07) is 8.24. The molecule has 0 bridgehead atoms. The van der Waals surface area contributed by atoms with Gasteiger partial charge in [0, 0.05) is 0 Å². The SMILES string of the molecule is CCCCC(N=C(N)N)C(=O)Oc1ccccc1. The molecule has 0 spiro atoms. The van der Waals surface area contributed by atoms with Crippen LogP contribution >= 0.6 is 0 Å². The number of carbonyl (C=O) groups is 1. The molecule has 5 nitrogen and oxygen atoms in total. The molecule has 0 aromatic heterocycles. The Kier molecular flexibility index (Phi) is 5.70. The van der Waals surface area contributed by atoms with Gasteiger partial charge in [0.2, 0.25) is 0 Å². The van der Waals surface area contributed by atoms with Gasteiger partial charge in [0.15, 0.2) is 12.0 Å². The van der Waals surface area contributed by atoms with E-state index in [-0.39, 0.29) is 5.96 Å². The third kappa shape index (κ3) is 4.86. The minimum Gasteiger partial charge on any atom is -0.425 e. The van der Waals surface area contributed by atoms with Gasteiger partial charge in [0.1, 0.15) is 5.75 Å². The van der Waals surface area contributed by atoms with Crippen molar-refractivity contribution < 1.29 is 9.53 Å². The van der Waals surface area contributed by atoms with Crippen LogP contribution in [0.15, 0.2) is 35.3 Å². The maximum absolute atomic E-state index is 11.9. The lowest BCUT2D eigenvalue weighted by molar-refractivity contribution is -0.135. The lowest BCUT2D eigenvalue weighted by atomic mass is 10.1. The highest BCUT2D eigenvalue weighted by atomic mass is 16.5. The predicted octanol–water partition coefficient (Wildman–Crippen LogP) is 1.42. The van der Waals surface area contributed by atoms with Gasteiger partial charge in [-0.1, -0.05) is 38.0 Å². The van der Waals surface area contributed by atoms with E-state index in [1.807, 2.05) is 13.0 Å². The van der Waals surface area contributed by atoms with Crippen molar-refractivity contribution in [3.05, 3.63) is 30.3 Å². The Hall–Kier alpha value is -2.04. The molecule has 98 valence electrons. The lowest BCUT2D eigenvalue weighted by Gasteiger charge is -2.11. The average molecular weight is 249 g/mol. The first kappa shape index (κ1) is 14.0. The average Bonchev–Trinajstić information content (AvgIpc) is 2.35. The quantitative estimate of drug-likeness (QED) is 0.345. The van der Waals surface area contributed by atoms with Crippen molar-refractivity contribution in [1.29, 1.82) is 0 Å². The van der Waals surface area contributed by atoms with Gasteiger partial charge in [-0.2, -0.15) is 0 Å². The van der Waals surface area contributed by atoms with E-state index in [1.165, 1.54) is 0 Å². The van der Waals surface area contributed by atoms with Crippen molar-refractivity contribution in [3.63, 3.8) is 0 Å². The van der Waals surface area contributed by atoms with E-state index in [4.69, 9.17) is 16.2 Å². The molecule has 4 N–H and O–H groups in total. The summed E-state index contributed by atoms with van der Waals surface area (Å²) in [4.78, 5) is 15.8.